The number of hydrogen-bond acceptors (Lipinski definition) is 6. The molecule has 0 N–H and O–H groups in total. The number of halogens is 1. The quantitative estimate of drug-likeness (QED) is 0.350. The predicted octanol–water partition coefficient (Wildman–Crippen LogP) is 4.84. The van der Waals surface area contributed by atoms with Gasteiger partial charge in [0.15, 0.2) is 11.3 Å². The molecule has 1 fully saturated rings. The molecule has 4 heterocycles. The first-order chi connectivity index (χ1) is 16.1. The number of furan rings is 1. The molecule has 0 bridgehead atoms. The Morgan fingerprint density at radius 2 is 1.76 bits per heavy atom. The Morgan fingerprint density at radius 3 is 2.45 bits per heavy atom. The number of pyridine rings is 2. The monoisotopic (exact) mass is 504 g/mol. The lowest BCUT2D eigenvalue weighted by molar-refractivity contribution is 0.101. The van der Waals surface area contributed by atoms with Crippen molar-refractivity contribution in [1.29, 1.82) is 0 Å². The lowest BCUT2D eigenvalue weighted by Crippen LogP contribution is -2.45. The van der Waals surface area contributed by atoms with Gasteiger partial charge in [0.25, 0.3) is 0 Å². The molecule has 0 atom stereocenters. The molecule has 3 aromatic heterocycles. The average Bonchev–Trinajstić information content (AvgIpc) is 3.30. The van der Waals surface area contributed by atoms with E-state index in [1.54, 1.807) is 12.1 Å². The molecule has 6 nitrogen and oxygen atoms in total. The summed E-state index contributed by atoms with van der Waals surface area (Å²) in [6.45, 7) is 7.63. The van der Waals surface area contributed by atoms with Crippen LogP contribution < -0.4 is 0 Å². The standard InChI is InChI=1S/C26H25BrN4O2/c1-18-26-23(13-24(33-26)25(32)20-4-6-22(27)7-5-20)21(15-29-18)17-31-11-9-30(10-12-31)16-19-3-2-8-28-14-19/h2-8,13-15H,9-12,16-17H2,1H3. The van der Waals surface area contributed by atoms with Crippen LogP contribution >= 0.6 is 15.9 Å². The molecule has 0 aliphatic carbocycles. The molecule has 7 heteroatoms. The van der Waals surface area contributed by atoms with Crippen molar-refractivity contribution in [3.05, 3.63) is 93.7 Å². The van der Waals surface area contributed by atoms with Crippen LogP contribution in [0.5, 0.6) is 0 Å². The molecule has 4 aromatic rings. The van der Waals surface area contributed by atoms with Gasteiger partial charge in [0.2, 0.25) is 5.78 Å². The highest BCUT2D eigenvalue weighted by Gasteiger charge is 2.21. The number of aromatic nitrogens is 2. The summed E-state index contributed by atoms with van der Waals surface area (Å²) < 4.78 is 6.94. The number of fused-ring (bicyclic) bond motifs is 1. The van der Waals surface area contributed by atoms with Gasteiger partial charge in [-0.3, -0.25) is 24.6 Å². The minimum atomic E-state index is -0.118. The third-order valence-electron chi connectivity index (χ3n) is 6.14. The molecule has 0 radical (unpaired) electrons. The number of aryl methyl sites for hydroxylation is 1. The summed E-state index contributed by atoms with van der Waals surface area (Å²) in [5, 5.41) is 0.973. The van der Waals surface area contributed by atoms with E-state index < -0.39 is 0 Å². The van der Waals surface area contributed by atoms with Crippen molar-refractivity contribution in [3.8, 4) is 0 Å². The highest BCUT2D eigenvalue weighted by atomic mass is 79.9. The zero-order valence-electron chi connectivity index (χ0n) is 18.5. The second kappa shape index (κ2) is 9.55. The smallest absolute Gasteiger partial charge is 0.228 e. The summed E-state index contributed by atoms with van der Waals surface area (Å²) in [6.07, 6.45) is 5.67. The van der Waals surface area contributed by atoms with Gasteiger partial charge in [-0.2, -0.15) is 0 Å². The molecule has 0 amide bonds. The van der Waals surface area contributed by atoms with Gasteiger partial charge in [0.05, 0.1) is 5.69 Å². The lowest BCUT2D eigenvalue weighted by atomic mass is 10.1. The van der Waals surface area contributed by atoms with Crippen molar-refractivity contribution in [3.63, 3.8) is 0 Å². The molecule has 1 aromatic carbocycles. The Kier molecular flexibility index (Phi) is 6.35. The first-order valence-corrected chi connectivity index (χ1v) is 11.9. The molecule has 33 heavy (non-hydrogen) atoms. The summed E-state index contributed by atoms with van der Waals surface area (Å²) in [5.74, 6) is 0.235. The largest absolute Gasteiger partial charge is 0.451 e. The van der Waals surface area contributed by atoms with E-state index in [0.717, 1.165) is 60.4 Å². The Bertz CT molecular complexity index is 1260. The minimum absolute atomic E-state index is 0.118. The van der Waals surface area contributed by atoms with Gasteiger partial charge in [-0.05, 0) is 54.4 Å². The normalized spacial score (nSPS) is 15.2. The average molecular weight is 505 g/mol. The molecule has 1 aliphatic rings. The maximum absolute atomic E-state index is 13.0. The maximum atomic E-state index is 13.0. The Hall–Kier alpha value is -2.87. The van der Waals surface area contributed by atoms with Crippen LogP contribution in [0.2, 0.25) is 0 Å². The van der Waals surface area contributed by atoms with E-state index in [4.69, 9.17) is 4.42 Å². The molecule has 0 unspecified atom stereocenters. The topological polar surface area (TPSA) is 62.5 Å². The van der Waals surface area contributed by atoms with Crippen LogP contribution in [0.4, 0.5) is 0 Å². The fraction of sp³-hybridized carbons (Fsp3) is 0.269. The summed E-state index contributed by atoms with van der Waals surface area (Å²) >= 11 is 3.41. The number of piperazine rings is 1. The van der Waals surface area contributed by atoms with Crippen molar-refractivity contribution in [2.24, 2.45) is 0 Å². The van der Waals surface area contributed by atoms with Crippen molar-refractivity contribution >= 4 is 32.7 Å². The third kappa shape index (κ3) is 4.90. The van der Waals surface area contributed by atoms with E-state index in [0.29, 0.717) is 16.9 Å². The Morgan fingerprint density at radius 1 is 1.03 bits per heavy atom. The number of nitrogens with zero attached hydrogens (tertiary/aromatic N) is 4. The first-order valence-electron chi connectivity index (χ1n) is 11.1. The van der Waals surface area contributed by atoms with Gasteiger partial charge >= 0.3 is 0 Å². The van der Waals surface area contributed by atoms with Crippen LogP contribution in [0.1, 0.15) is 32.9 Å². The first kappa shape index (κ1) is 21.9. The van der Waals surface area contributed by atoms with Gasteiger partial charge in [-0.1, -0.05) is 22.0 Å². The SMILES string of the molecule is Cc1ncc(CN2CCN(Cc3cccnc3)CC2)c2cc(C(=O)c3ccc(Br)cc3)oc12. The molecule has 0 saturated carbocycles. The fourth-order valence-electron chi connectivity index (χ4n) is 4.28. The zero-order chi connectivity index (χ0) is 22.8. The molecule has 1 aliphatic heterocycles. The minimum Gasteiger partial charge on any atom is -0.451 e. The number of benzene rings is 1. The van der Waals surface area contributed by atoms with Crippen LogP contribution in [0.25, 0.3) is 11.0 Å². The van der Waals surface area contributed by atoms with Crippen LogP contribution in [0.3, 0.4) is 0 Å². The van der Waals surface area contributed by atoms with Gasteiger partial charge < -0.3 is 4.42 Å². The Balaban J connectivity index is 1.30. The molecule has 1 saturated heterocycles. The van der Waals surface area contributed by atoms with E-state index in [9.17, 15) is 4.79 Å². The summed E-state index contributed by atoms with van der Waals surface area (Å²) in [4.78, 5) is 26.6. The van der Waals surface area contributed by atoms with E-state index in [1.165, 1.54) is 5.56 Å². The lowest BCUT2D eigenvalue weighted by Gasteiger charge is -2.34. The number of carbonyl (C=O) groups is 1. The van der Waals surface area contributed by atoms with Gasteiger partial charge in [-0.15, -0.1) is 0 Å². The highest BCUT2D eigenvalue weighted by molar-refractivity contribution is 9.10. The molecular formula is C26H25BrN4O2. The van der Waals surface area contributed by atoms with Gasteiger partial charge in [-0.25, -0.2) is 0 Å². The van der Waals surface area contributed by atoms with Crippen LogP contribution in [0.15, 0.2) is 69.9 Å². The van der Waals surface area contributed by atoms with Crippen molar-refractivity contribution in [2.45, 2.75) is 20.0 Å². The summed E-state index contributed by atoms with van der Waals surface area (Å²) in [5.41, 5.74) is 4.44. The second-order valence-electron chi connectivity index (χ2n) is 8.47. The molecule has 5 rings (SSSR count). The molecule has 168 valence electrons. The van der Waals surface area contributed by atoms with Crippen LogP contribution in [-0.2, 0) is 13.1 Å². The van der Waals surface area contributed by atoms with Crippen LogP contribution in [-0.4, -0.2) is 51.7 Å². The highest BCUT2D eigenvalue weighted by Crippen LogP contribution is 2.28. The van der Waals surface area contributed by atoms with Crippen molar-refractivity contribution < 1.29 is 9.21 Å². The zero-order valence-corrected chi connectivity index (χ0v) is 20.1. The van der Waals surface area contributed by atoms with E-state index in [1.807, 2.05) is 49.8 Å². The van der Waals surface area contributed by atoms with E-state index >= 15 is 0 Å². The summed E-state index contributed by atoms with van der Waals surface area (Å²) in [7, 11) is 0. The maximum Gasteiger partial charge on any atom is 0.228 e. The molecular weight excluding hydrogens is 480 g/mol. The van der Waals surface area contributed by atoms with Crippen molar-refractivity contribution in [1.82, 2.24) is 19.8 Å². The van der Waals surface area contributed by atoms with Gasteiger partial charge in [0.1, 0.15) is 0 Å². The van der Waals surface area contributed by atoms with Crippen LogP contribution in [0, 0.1) is 6.92 Å². The fourth-order valence-corrected chi connectivity index (χ4v) is 4.54. The summed E-state index contributed by atoms with van der Waals surface area (Å²) in [6, 6.07) is 13.3. The number of carbonyl (C=O) groups excluding carboxylic acids is 1. The van der Waals surface area contributed by atoms with Crippen molar-refractivity contribution in [2.75, 3.05) is 26.2 Å². The number of rotatable bonds is 6. The van der Waals surface area contributed by atoms with E-state index in [2.05, 4.69) is 41.8 Å². The second-order valence-corrected chi connectivity index (χ2v) is 9.39. The number of hydrogen-bond donors (Lipinski definition) is 0. The van der Waals surface area contributed by atoms with Gasteiger partial charge in [0, 0.05) is 73.3 Å². The predicted molar refractivity (Wildman–Crippen MR) is 131 cm³/mol. The number of ketones is 1. The third-order valence-corrected chi connectivity index (χ3v) is 6.67. The van der Waals surface area contributed by atoms with E-state index in [-0.39, 0.29) is 5.78 Å². The molecule has 0 spiro atoms. The Labute approximate surface area is 201 Å².